The first-order chi connectivity index (χ1) is 6.75. The van der Waals surface area contributed by atoms with E-state index in [4.69, 9.17) is 22.4 Å². The first-order valence-corrected chi connectivity index (χ1v) is 4.12. The summed E-state index contributed by atoms with van der Waals surface area (Å²) in [6.07, 6.45) is -4.80. The molecule has 0 amide bonds. The minimum Gasteiger partial charge on any atom is -0.505 e. The third-order valence-corrected chi connectivity index (χ3v) is 2.11. The van der Waals surface area contributed by atoms with Crippen LogP contribution < -0.4 is 5.73 Å². The summed E-state index contributed by atoms with van der Waals surface area (Å²) in [6, 6.07) is -0.859. The molecule has 2 nitrogen and oxygen atoms in total. The molecule has 0 saturated carbocycles. The van der Waals surface area contributed by atoms with E-state index in [0.717, 1.165) is 12.1 Å². The van der Waals surface area contributed by atoms with Crippen LogP contribution in [0.15, 0.2) is 12.1 Å². The number of hydrogen-bond acceptors (Lipinski definition) is 2. The van der Waals surface area contributed by atoms with Gasteiger partial charge in [-0.1, -0.05) is 11.6 Å². The van der Waals surface area contributed by atoms with Crippen molar-refractivity contribution in [3.8, 4) is 5.75 Å². The van der Waals surface area contributed by atoms with Gasteiger partial charge in [-0.25, -0.2) is 4.39 Å². The highest BCUT2D eigenvalue weighted by atomic mass is 35.5. The van der Waals surface area contributed by atoms with E-state index >= 15 is 0 Å². The molecular formula is C8H6ClF4NO. The summed E-state index contributed by atoms with van der Waals surface area (Å²) in [7, 11) is 0. The number of benzene rings is 1. The van der Waals surface area contributed by atoms with Gasteiger partial charge in [0.15, 0.2) is 11.6 Å². The van der Waals surface area contributed by atoms with Gasteiger partial charge in [0.05, 0.1) is 0 Å². The lowest BCUT2D eigenvalue weighted by molar-refractivity contribution is -0.149. The average molecular weight is 244 g/mol. The highest BCUT2D eigenvalue weighted by Gasteiger charge is 2.41. The van der Waals surface area contributed by atoms with Crippen LogP contribution in [0.2, 0.25) is 5.02 Å². The molecule has 3 N–H and O–H groups in total. The van der Waals surface area contributed by atoms with Gasteiger partial charge in [-0.15, -0.1) is 0 Å². The lowest BCUT2D eigenvalue weighted by Gasteiger charge is -2.18. The average Bonchev–Trinajstić information content (AvgIpc) is 2.10. The lowest BCUT2D eigenvalue weighted by Crippen LogP contribution is -2.29. The molecule has 0 aliphatic rings. The second-order valence-electron chi connectivity index (χ2n) is 2.81. The summed E-state index contributed by atoms with van der Waals surface area (Å²) in [5.74, 6) is -2.37. The van der Waals surface area contributed by atoms with Crippen LogP contribution in [-0.2, 0) is 0 Å². The van der Waals surface area contributed by atoms with Gasteiger partial charge in [0.1, 0.15) is 6.04 Å². The van der Waals surface area contributed by atoms with Crippen LogP contribution in [0.25, 0.3) is 0 Å². The Morgan fingerprint density at radius 2 is 1.87 bits per heavy atom. The van der Waals surface area contributed by atoms with Crippen molar-refractivity contribution < 1.29 is 22.7 Å². The maximum Gasteiger partial charge on any atom is 0.407 e. The molecule has 0 heterocycles. The van der Waals surface area contributed by atoms with Gasteiger partial charge in [-0.2, -0.15) is 13.2 Å². The van der Waals surface area contributed by atoms with Gasteiger partial charge in [0.25, 0.3) is 0 Å². The minimum absolute atomic E-state index is 0.432. The minimum atomic E-state index is -4.80. The van der Waals surface area contributed by atoms with E-state index in [1.54, 1.807) is 0 Å². The number of phenols is 1. The Hall–Kier alpha value is -1.01. The Morgan fingerprint density at radius 1 is 1.33 bits per heavy atom. The summed E-state index contributed by atoms with van der Waals surface area (Å²) in [4.78, 5) is 0. The second kappa shape index (κ2) is 3.86. The molecule has 1 rings (SSSR count). The van der Waals surface area contributed by atoms with E-state index in [2.05, 4.69) is 0 Å². The number of phenolic OH excluding ortho intramolecular Hbond substituents is 1. The van der Waals surface area contributed by atoms with Crippen molar-refractivity contribution in [2.24, 2.45) is 5.73 Å². The fraction of sp³-hybridized carbons (Fsp3) is 0.250. The van der Waals surface area contributed by atoms with Gasteiger partial charge in [0, 0.05) is 10.6 Å². The molecule has 0 aliphatic carbocycles. The number of hydrogen-bond donors (Lipinski definition) is 2. The topological polar surface area (TPSA) is 46.2 Å². The molecule has 0 unspecified atom stereocenters. The Labute approximate surface area is 87.3 Å². The lowest BCUT2D eigenvalue weighted by atomic mass is 10.1. The number of rotatable bonds is 1. The van der Waals surface area contributed by atoms with Crippen LogP contribution in [0.1, 0.15) is 11.6 Å². The monoisotopic (exact) mass is 243 g/mol. The Balaban J connectivity index is 3.31. The number of nitrogens with two attached hydrogens (primary N) is 1. The third-order valence-electron chi connectivity index (χ3n) is 1.78. The predicted octanol–water partition coefficient (Wildman–Crippen LogP) is 2.75. The number of aromatic hydroxyl groups is 1. The van der Waals surface area contributed by atoms with Crippen LogP contribution in [0.5, 0.6) is 5.75 Å². The molecule has 0 saturated heterocycles. The van der Waals surface area contributed by atoms with Gasteiger partial charge >= 0.3 is 6.18 Å². The fourth-order valence-corrected chi connectivity index (χ4v) is 1.29. The maximum absolute atomic E-state index is 12.8. The molecular weight excluding hydrogens is 238 g/mol. The largest absolute Gasteiger partial charge is 0.505 e. The summed E-state index contributed by atoms with van der Waals surface area (Å²) in [5.41, 5.74) is 3.95. The second-order valence-corrected chi connectivity index (χ2v) is 3.22. The fourth-order valence-electron chi connectivity index (χ4n) is 1.02. The van der Waals surface area contributed by atoms with E-state index in [1.807, 2.05) is 0 Å². The number of alkyl halides is 3. The van der Waals surface area contributed by atoms with E-state index < -0.39 is 34.4 Å². The van der Waals surface area contributed by atoms with E-state index in [9.17, 15) is 17.6 Å². The molecule has 0 aliphatic heterocycles. The molecule has 0 radical (unpaired) electrons. The van der Waals surface area contributed by atoms with Crippen LogP contribution in [0.4, 0.5) is 17.6 Å². The van der Waals surface area contributed by atoms with Crippen LogP contribution in [0, 0.1) is 5.82 Å². The quantitative estimate of drug-likeness (QED) is 0.745. The highest BCUT2D eigenvalue weighted by Crippen LogP contribution is 2.39. The van der Waals surface area contributed by atoms with Crippen molar-refractivity contribution in [2.45, 2.75) is 12.2 Å². The van der Waals surface area contributed by atoms with E-state index in [-0.39, 0.29) is 0 Å². The Kier molecular flexibility index (Phi) is 3.11. The number of halogens is 5. The van der Waals surface area contributed by atoms with Gasteiger partial charge in [-0.05, 0) is 12.1 Å². The smallest absolute Gasteiger partial charge is 0.407 e. The molecule has 7 heteroatoms. The predicted molar refractivity (Wildman–Crippen MR) is 46.1 cm³/mol. The van der Waals surface area contributed by atoms with Gasteiger partial charge in [-0.3, -0.25) is 0 Å². The van der Waals surface area contributed by atoms with E-state index in [1.165, 1.54) is 0 Å². The molecule has 0 spiro atoms. The zero-order chi connectivity index (χ0) is 11.8. The first-order valence-electron chi connectivity index (χ1n) is 3.74. The molecule has 0 aromatic heterocycles. The van der Waals surface area contributed by atoms with Crippen molar-refractivity contribution >= 4 is 11.6 Å². The summed E-state index contributed by atoms with van der Waals surface area (Å²) < 4.78 is 49.4. The third kappa shape index (κ3) is 2.32. The summed E-state index contributed by atoms with van der Waals surface area (Å²) in [5, 5.41) is 8.64. The standard InChI is InChI=1S/C8H6ClF4NO/c9-3-1-2-4(10)6(15)5(3)7(14)8(11,12)13/h1-2,7,15H,14H2/t7-/m1/s1. The van der Waals surface area contributed by atoms with Crippen molar-refractivity contribution in [3.63, 3.8) is 0 Å². The Morgan fingerprint density at radius 3 is 2.33 bits per heavy atom. The summed E-state index contributed by atoms with van der Waals surface area (Å²) >= 11 is 5.40. The molecule has 1 aromatic rings. The highest BCUT2D eigenvalue weighted by molar-refractivity contribution is 6.31. The zero-order valence-electron chi connectivity index (χ0n) is 7.15. The van der Waals surface area contributed by atoms with E-state index in [0.29, 0.717) is 0 Å². The van der Waals surface area contributed by atoms with Gasteiger partial charge < -0.3 is 10.8 Å². The van der Waals surface area contributed by atoms with Crippen molar-refractivity contribution in [3.05, 3.63) is 28.5 Å². The van der Waals surface area contributed by atoms with Crippen LogP contribution >= 0.6 is 11.6 Å². The van der Waals surface area contributed by atoms with Crippen LogP contribution in [-0.4, -0.2) is 11.3 Å². The zero-order valence-corrected chi connectivity index (χ0v) is 7.90. The van der Waals surface area contributed by atoms with Crippen molar-refractivity contribution in [2.75, 3.05) is 0 Å². The van der Waals surface area contributed by atoms with Crippen molar-refractivity contribution in [1.82, 2.24) is 0 Å². The first kappa shape index (κ1) is 12.1. The Bertz CT molecular complexity index is 380. The molecule has 15 heavy (non-hydrogen) atoms. The van der Waals surface area contributed by atoms with Gasteiger partial charge in [0.2, 0.25) is 0 Å². The normalized spacial score (nSPS) is 14.0. The molecule has 84 valence electrons. The van der Waals surface area contributed by atoms with Crippen molar-refractivity contribution in [1.29, 1.82) is 0 Å². The molecule has 1 aromatic carbocycles. The molecule has 0 bridgehead atoms. The summed E-state index contributed by atoms with van der Waals surface area (Å²) in [6.45, 7) is 0. The molecule has 1 atom stereocenters. The SMILES string of the molecule is N[C@H](c1c(Cl)ccc(F)c1O)C(F)(F)F. The molecule has 0 fully saturated rings. The van der Waals surface area contributed by atoms with Crippen LogP contribution in [0.3, 0.4) is 0 Å². The maximum atomic E-state index is 12.8.